The molecule has 2 rings (SSSR count). The van der Waals surface area contributed by atoms with Gasteiger partial charge in [0.05, 0.1) is 16.1 Å². The Morgan fingerprint density at radius 1 is 1.26 bits per heavy atom. The van der Waals surface area contributed by atoms with Gasteiger partial charge in [-0.1, -0.05) is 23.2 Å². The lowest BCUT2D eigenvalue weighted by atomic mass is 10.2. The zero-order valence-corrected chi connectivity index (χ0v) is 12.0. The third-order valence-corrected chi connectivity index (χ3v) is 3.74. The molecule has 0 aliphatic carbocycles. The van der Waals surface area contributed by atoms with Crippen LogP contribution in [-0.2, 0) is 0 Å². The SMILES string of the molecule is OC(CNc1cc(Cl)c(F)c(Cl)c1)CN1CCCC1. The fraction of sp³-hybridized carbons (Fsp3) is 0.538. The first-order chi connectivity index (χ1) is 9.06. The van der Waals surface area contributed by atoms with Gasteiger partial charge in [0.25, 0.3) is 0 Å². The summed E-state index contributed by atoms with van der Waals surface area (Å²) in [6, 6.07) is 2.93. The molecule has 0 bridgehead atoms. The van der Waals surface area contributed by atoms with E-state index in [9.17, 15) is 9.50 Å². The summed E-state index contributed by atoms with van der Waals surface area (Å²) < 4.78 is 13.2. The Kier molecular flexibility index (Phi) is 5.28. The minimum absolute atomic E-state index is 0.0240. The molecule has 1 aromatic rings. The van der Waals surface area contributed by atoms with Gasteiger partial charge in [-0.3, -0.25) is 0 Å². The first-order valence-corrected chi connectivity index (χ1v) is 7.10. The van der Waals surface area contributed by atoms with Crippen LogP contribution in [0.1, 0.15) is 12.8 Å². The van der Waals surface area contributed by atoms with E-state index in [1.54, 1.807) is 0 Å². The summed E-state index contributed by atoms with van der Waals surface area (Å²) in [6.45, 7) is 3.13. The third-order valence-electron chi connectivity index (χ3n) is 3.19. The molecule has 1 atom stereocenters. The van der Waals surface area contributed by atoms with Gasteiger partial charge in [-0.15, -0.1) is 0 Å². The van der Waals surface area contributed by atoms with Crippen molar-refractivity contribution in [2.75, 3.05) is 31.5 Å². The summed E-state index contributed by atoms with van der Waals surface area (Å²) in [5.74, 6) is -0.619. The Morgan fingerprint density at radius 3 is 2.42 bits per heavy atom. The lowest BCUT2D eigenvalue weighted by Crippen LogP contribution is -2.34. The molecule has 1 fully saturated rings. The van der Waals surface area contributed by atoms with E-state index in [1.807, 2.05) is 0 Å². The maximum Gasteiger partial charge on any atom is 0.160 e. The van der Waals surface area contributed by atoms with Crippen LogP contribution in [0.15, 0.2) is 12.1 Å². The van der Waals surface area contributed by atoms with E-state index in [2.05, 4.69) is 10.2 Å². The molecule has 1 unspecified atom stereocenters. The number of halogens is 3. The van der Waals surface area contributed by atoms with Crippen LogP contribution in [0.3, 0.4) is 0 Å². The molecule has 106 valence electrons. The van der Waals surface area contributed by atoms with Crippen LogP contribution in [0.5, 0.6) is 0 Å². The number of hydrogen-bond acceptors (Lipinski definition) is 3. The zero-order valence-electron chi connectivity index (χ0n) is 10.5. The molecule has 0 aromatic heterocycles. The van der Waals surface area contributed by atoms with Crippen molar-refractivity contribution >= 4 is 28.9 Å². The predicted octanol–water partition coefficient (Wildman–Crippen LogP) is 3.00. The number of likely N-dealkylation sites (tertiary alicyclic amines) is 1. The summed E-state index contributed by atoms with van der Waals surface area (Å²) in [4.78, 5) is 2.23. The van der Waals surface area contributed by atoms with Crippen molar-refractivity contribution in [3.8, 4) is 0 Å². The van der Waals surface area contributed by atoms with Gasteiger partial charge in [0, 0.05) is 18.8 Å². The Bertz CT molecular complexity index is 416. The number of β-amino-alcohol motifs (C(OH)–C–C–N with tert-alkyl or cyclic N) is 1. The van der Waals surface area contributed by atoms with Gasteiger partial charge < -0.3 is 15.3 Å². The van der Waals surface area contributed by atoms with Gasteiger partial charge in [0.2, 0.25) is 0 Å². The smallest absolute Gasteiger partial charge is 0.160 e. The second-order valence-electron chi connectivity index (χ2n) is 4.80. The quantitative estimate of drug-likeness (QED) is 0.821. The Morgan fingerprint density at radius 2 is 1.84 bits per heavy atom. The summed E-state index contributed by atoms with van der Waals surface area (Å²) in [7, 11) is 0. The van der Waals surface area contributed by atoms with Crippen molar-refractivity contribution in [2.24, 2.45) is 0 Å². The highest BCUT2D eigenvalue weighted by Crippen LogP contribution is 2.27. The molecule has 0 spiro atoms. The van der Waals surface area contributed by atoms with E-state index in [4.69, 9.17) is 23.2 Å². The summed E-state index contributed by atoms with van der Waals surface area (Å²) in [5, 5.41) is 12.9. The van der Waals surface area contributed by atoms with Gasteiger partial charge in [-0.25, -0.2) is 4.39 Å². The summed E-state index contributed by atoms with van der Waals surface area (Å²) in [5.41, 5.74) is 0.608. The molecule has 2 N–H and O–H groups in total. The van der Waals surface area contributed by atoms with Crippen LogP contribution in [-0.4, -0.2) is 42.3 Å². The van der Waals surface area contributed by atoms with Crippen LogP contribution in [0.2, 0.25) is 10.0 Å². The molecule has 1 heterocycles. The van der Waals surface area contributed by atoms with Crippen molar-refractivity contribution in [3.63, 3.8) is 0 Å². The van der Waals surface area contributed by atoms with Gasteiger partial charge in [-0.05, 0) is 38.1 Å². The number of aliphatic hydroxyl groups excluding tert-OH is 1. The minimum Gasteiger partial charge on any atom is -0.390 e. The highest BCUT2D eigenvalue weighted by Gasteiger charge is 2.15. The molecule has 0 amide bonds. The standard InChI is InChI=1S/C13H17Cl2FN2O/c14-11-5-9(6-12(15)13(11)16)17-7-10(19)8-18-3-1-2-4-18/h5-6,10,17,19H,1-4,7-8H2. The van der Waals surface area contributed by atoms with Gasteiger partial charge in [0.15, 0.2) is 5.82 Å². The average Bonchev–Trinajstić information content (AvgIpc) is 2.86. The van der Waals surface area contributed by atoms with E-state index in [0.29, 0.717) is 18.8 Å². The average molecular weight is 307 g/mol. The third kappa shape index (κ3) is 4.21. The molecule has 3 nitrogen and oxygen atoms in total. The molecule has 19 heavy (non-hydrogen) atoms. The van der Waals surface area contributed by atoms with Crippen LogP contribution < -0.4 is 5.32 Å². The van der Waals surface area contributed by atoms with Crippen LogP contribution >= 0.6 is 23.2 Å². The molecule has 0 saturated carbocycles. The topological polar surface area (TPSA) is 35.5 Å². The Hall–Kier alpha value is -0.550. The second kappa shape index (κ2) is 6.75. The highest BCUT2D eigenvalue weighted by molar-refractivity contribution is 6.35. The molecule has 1 aromatic carbocycles. The van der Waals surface area contributed by atoms with Gasteiger partial charge in [-0.2, -0.15) is 0 Å². The summed E-state index contributed by atoms with van der Waals surface area (Å²) >= 11 is 11.4. The van der Waals surface area contributed by atoms with E-state index >= 15 is 0 Å². The van der Waals surface area contributed by atoms with Crippen molar-refractivity contribution in [2.45, 2.75) is 18.9 Å². The molecular formula is C13H17Cl2FN2O. The first kappa shape index (κ1) is 14.9. The van der Waals surface area contributed by atoms with Crippen molar-refractivity contribution in [1.29, 1.82) is 0 Å². The van der Waals surface area contributed by atoms with E-state index in [0.717, 1.165) is 13.1 Å². The largest absolute Gasteiger partial charge is 0.390 e. The number of nitrogens with zero attached hydrogens (tertiary/aromatic N) is 1. The molecule has 1 saturated heterocycles. The van der Waals surface area contributed by atoms with Crippen LogP contribution in [0.4, 0.5) is 10.1 Å². The monoisotopic (exact) mass is 306 g/mol. The molecule has 1 aliphatic heterocycles. The van der Waals surface area contributed by atoms with E-state index < -0.39 is 11.9 Å². The summed E-state index contributed by atoms with van der Waals surface area (Å²) in [6.07, 6.45) is 1.92. The first-order valence-electron chi connectivity index (χ1n) is 6.35. The number of aliphatic hydroxyl groups is 1. The highest BCUT2D eigenvalue weighted by atomic mass is 35.5. The molecular weight excluding hydrogens is 290 g/mol. The van der Waals surface area contributed by atoms with Crippen molar-refractivity contribution < 1.29 is 9.50 Å². The fourth-order valence-electron chi connectivity index (χ4n) is 2.22. The maximum absolute atomic E-state index is 13.2. The number of anilines is 1. The van der Waals surface area contributed by atoms with E-state index in [-0.39, 0.29) is 10.0 Å². The Balaban J connectivity index is 1.84. The number of hydrogen-bond donors (Lipinski definition) is 2. The lowest BCUT2D eigenvalue weighted by Gasteiger charge is -2.20. The second-order valence-corrected chi connectivity index (χ2v) is 5.61. The molecule has 0 radical (unpaired) electrons. The predicted molar refractivity (Wildman–Crippen MR) is 76.6 cm³/mol. The number of benzene rings is 1. The van der Waals surface area contributed by atoms with Crippen LogP contribution in [0, 0.1) is 5.82 Å². The van der Waals surface area contributed by atoms with E-state index in [1.165, 1.54) is 25.0 Å². The van der Waals surface area contributed by atoms with Gasteiger partial charge in [0.1, 0.15) is 0 Å². The molecule has 6 heteroatoms. The molecule has 1 aliphatic rings. The van der Waals surface area contributed by atoms with Crippen molar-refractivity contribution in [3.05, 3.63) is 28.0 Å². The lowest BCUT2D eigenvalue weighted by molar-refractivity contribution is 0.135. The van der Waals surface area contributed by atoms with Crippen molar-refractivity contribution in [1.82, 2.24) is 4.90 Å². The Labute approximate surface area is 122 Å². The maximum atomic E-state index is 13.2. The van der Waals surface area contributed by atoms with Gasteiger partial charge >= 0.3 is 0 Å². The minimum atomic E-state index is -0.619. The number of nitrogens with one attached hydrogen (secondary N) is 1. The normalized spacial score (nSPS) is 17.7. The van der Waals surface area contributed by atoms with Crippen LogP contribution in [0.25, 0.3) is 0 Å². The fourth-order valence-corrected chi connectivity index (χ4v) is 2.71. The number of rotatable bonds is 5. The zero-order chi connectivity index (χ0) is 13.8.